The summed E-state index contributed by atoms with van der Waals surface area (Å²) in [6, 6.07) is 5.91. The lowest BCUT2D eigenvalue weighted by molar-refractivity contribution is -0.152. The van der Waals surface area contributed by atoms with Crippen molar-refractivity contribution in [3.63, 3.8) is 0 Å². The van der Waals surface area contributed by atoms with Crippen molar-refractivity contribution < 1.29 is 10.2 Å². The molecule has 0 unspecified atom stereocenters. The van der Waals surface area contributed by atoms with E-state index in [1.165, 1.54) is 29.7 Å². The number of hydrogen-bond acceptors (Lipinski definition) is 6. The SMILES string of the molecule is Cc1nn(-c2nccs2)c2c1C[C@@]1(O)[C@H]3Cc4ccc(O)cc4[C@@]1(CCN3CC1CC1)C2. The molecule has 2 aromatic heterocycles. The minimum absolute atomic E-state index is 0.102. The van der Waals surface area contributed by atoms with Crippen molar-refractivity contribution in [2.24, 2.45) is 5.92 Å². The molecule has 0 radical (unpaired) electrons. The number of piperidine rings is 1. The highest BCUT2D eigenvalue weighted by Crippen LogP contribution is 2.58. The highest BCUT2D eigenvalue weighted by molar-refractivity contribution is 7.12. The summed E-state index contributed by atoms with van der Waals surface area (Å²) >= 11 is 1.59. The molecule has 0 spiro atoms. The third-order valence-corrected chi connectivity index (χ3v) is 9.41. The van der Waals surface area contributed by atoms with Crippen molar-refractivity contribution in [2.75, 3.05) is 13.1 Å². The van der Waals surface area contributed by atoms with Crippen LogP contribution in [0.1, 0.15) is 47.3 Å². The van der Waals surface area contributed by atoms with E-state index < -0.39 is 11.0 Å². The van der Waals surface area contributed by atoms with Crippen molar-refractivity contribution in [2.45, 2.75) is 62.5 Å². The van der Waals surface area contributed by atoms with E-state index in [4.69, 9.17) is 5.10 Å². The summed E-state index contributed by atoms with van der Waals surface area (Å²) in [6.07, 6.45) is 7.54. The maximum Gasteiger partial charge on any atom is 0.210 e. The van der Waals surface area contributed by atoms with Gasteiger partial charge < -0.3 is 10.2 Å². The Balaban J connectivity index is 1.44. The molecule has 1 saturated carbocycles. The maximum atomic E-state index is 12.6. The molecule has 3 aromatic rings. The second-order valence-electron chi connectivity index (χ2n) is 10.3. The number of rotatable bonds is 3. The Labute approximate surface area is 191 Å². The number of aromatic nitrogens is 3. The molecule has 2 bridgehead atoms. The zero-order chi connectivity index (χ0) is 21.7. The summed E-state index contributed by atoms with van der Waals surface area (Å²) in [6.45, 7) is 4.16. The van der Waals surface area contributed by atoms with Gasteiger partial charge in [0.15, 0.2) is 0 Å². The van der Waals surface area contributed by atoms with Crippen molar-refractivity contribution in [3.8, 4) is 10.9 Å². The first-order valence-electron chi connectivity index (χ1n) is 11.7. The first kappa shape index (κ1) is 19.3. The average Bonchev–Trinajstić information content (AvgIpc) is 3.31. The fourth-order valence-electron chi connectivity index (χ4n) is 6.92. The van der Waals surface area contributed by atoms with Crippen LogP contribution in [0.2, 0.25) is 0 Å². The molecule has 4 aliphatic rings. The van der Waals surface area contributed by atoms with Gasteiger partial charge in [0.1, 0.15) is 5.75 Å². The summed E-state index contributed by atoms with van der Waals surface area (Å²) in [5.41, 5.74) is 4.48. The molecule has 166 valence electrons. The van der Waals surface area contributed by atoms with Gasteiger partial charge in [-0.1, -0.05) is 6.07 Å². The predicted octanol–water partition coefficient (Wildman–Crippen LogP) is 3.15. The second kappa shape index (κ2) is 6.43. The highest BCUT2D eigenvalue weighted by atomic mass is 32.1. The average molecular weight is 449 g/mol. The van der Waals surface area contributed by atoms with Gasteiger partial charge in [-0.15, -0.1) is 11.3 Å². The standard InChI is InChI=1S/C25H28N4O2S/c1-15-19-12-25(31)22-10-17-4-5-18(30)11-20(17)24(25,6-8-28(22)14-16-2-3-16)13-21(19)29(27-15)23-26-7-9-32-23/h4-5,7,9,11,16,22,30-31H,2-3,6,8,10,12-14H2,1H3/t22-,24-,25-/m1/s1. The van der Waals surface area contributed by atoms with Crippen LogP contribution in [-0.4, -0.2) is 54.6 Å². The number of hydrogen-bond donors (Lipinski definition) is 2. The number of phenols is 1. The van der Waals surface area contributed by atoms with Crippen LogP contribution in [0.25, 0.3) is 5.13 Å². The van der Waals surface area contributed by atoms with Gasteiger partial charge in [-0.25, -0.2) is 9.67 Å². The monoisotopic (exact) mass is 448 g/mol. The summed E-state index contributed by atoms with van der Waals surface area (Å²) < 4.78 is 2.01. The number of fused-ring (bicyclic) bond motifs is 2. The van der Waals surface area contributed by atoms with Crippen molar-refractivity contribution in [1.82, 2.24) is 19.7 Å². The number of aryl methyl sites for hydroxylation is 1. The third-order valence-electron chi connectivity index (χ3n) is 8.67. The molecule has 3 atom stereocenters. The molecule has 2 N–H and O–H groups in total. The molecule has 0 amide bonds. The van der Waals surface area contributed by atoms with Gasteiger partial charge in [-0.2, -0.15) is 5.10 Å². The number of likely N-dealkylation sites (tertiary alicyclic amines) is 1. The van der Waals surface area contributed by atoms with Crippen molar-refractivity contribution in [3.05, 3.63) is 57.9 Å². The fourth-order valence-corrected chi connectivity index (χ4v) is 7.53. The summed E-state index contributed by atoms with van der Waals surface area (Å²) in [7, 11) is 0. The first-order chi connectivity index (χ1) is 15.5. The smallest absolute Gasteiger partial charge is 0.210 e. The number of aliphatic hydroxyl groups is 1. The van der Waals surface area contributed by atoms with Gasteiger partial charge >= 0.3 is 0 Å². The predicted molar refractivity (Wildman–Crippen MR) is 123 cm³/mol. The van der Waals surface area contributed by atoms with Crippen LogP contribution in [0.3, 0.4) is 0 Å². The van der Waals surface area contributed by atoms with Crippen LogP contribution in [0.4, 0.5) is 0 Å². The van der Waals surface area contributed by atoms with Crippen LogP contribution in [0.5, 0.6) is 5.75 Å². The Hall–Kier alpha value is -2.22. The lowest BCUT2D eigenvalue weighted by Gasteiger charge is -2.63. The van der Waals surface area contributed by atoms with Gasteiger partial charge in [0.05, 0.1) is 17.0 Å². The molecular weight excluding hydrogens is 420 g/mol. The Kier molecular flexibility index (Phi) is 3.87. The number of phenolic OH excluding ortho intramolecular Hbond substituents is 1. The van der Waals surface area contributed by atoms with E-state index in [-0.39, 0.29) is 11.8 Å². The summed E-state index contributed by atoms with van der Waals surface area (Å²) in [5.74, 6) is 1.08. The highest BCUT2D eigenvalue weighted by Gasteiger charge is 2.65. The van der Waals surface area contributed by atoms with Crippen LogP contribution in [0.15, 0.2) is 29.8 Å². The van der Waals surface area contributed by atoms with Gasteiger partial charge in [0.2, 0.25) is 5.13 Å². The zero-order valence-electron chi connectivity index (χ0n) is 18.3. The van der Waals surface area contributed by atoms with E-state index in [2.05, 4.69) is 22.9 Å². The molecule has 2 fully saturated rings. The Morgan fingerprint density at radius 1 is 1.25 bits per heavy atom. The van der Waals surface area contributed by atoms with E-state index in [1.807, 2.05) is 22.3 Å². The number of benzene rings is 1. The summed E-state index contributed by atoms with van der Waals surface area (Å²) in [4.78, 5) is 7.11. The van der Waals surface area contributed by atoms with Crippen molar-refractivity contribution >= 4 is 11.3 Å². The lowest BCUT2D eigenvalue weighted by atomic mass is 9.49. The Morgan fingerprint density at radius 3 is 2.91 bits per heavy atom. The molecule has 1 saturated heterocycles. The number of thiazole rings is 1. The largest absolute Gasteiger partial charge is 0.508 e. The van der Waals surface area contributed by atoms with Gasteiger partial charge in [0.25, 0.3) is 0 Å². The van der Waals surface area contributed by atoms with Crippen LogP contribution in [-0.2, 0) is 24.7 Å². The molecule has 6 nitrogen and oxygen atoms in total. The van der Waals surface area contributed by atoms with E-state index in [0.717, 1.165) is 54.7 Å². The fraction of sp³-hybridized carbons (Fsp3) is 0.520. The third kappa shape index (κ3) is 2.47. The molecule has 1 aromatic carbocycles. The minimum atomic E-state index is -0.866. The number of aromatic hydroxyl groups is 1. The van der Waals surface area contributed by atoms with Gasteiger partial charge in [-0.05, 0) is 73.9 Å². The lowest BCUT2D eigenvalue weighted by Crippen LogP contribution is -2.74. The van der Waals surface area contributed by atoms with Gasteiger partial charge in [0, 0.05) is 42.4 Å². The molecule has 7 heteroatoms. The molecule has 1 aliphatic heterocycles. The second-order valence-corrected chi connectivity index (χ2v) is 11.2. The van der Waals surface area contributed by atoms with Crippen LogP contribution < -0.4 is 0 Å². The normalized spacial score (nSPS) is 31.1. The Morgan fingerprint density at radius 2 is 2.12 bits per heavy atom. The first-order valence-corrected chi connectivity index (χ1v) is 12.6. The van der Waals surface area contributed by atoms with Gasteiger partial charge in [-0.3, -0.25) is 4.90 Å². The maximum absolute atomic E-state index is 12.6. The molecule has 7 rings (SSSR count). The quantitative estimate of drug-likeness (QED) is 0.644. The number of nitrogens with zero attached hydrogens (tertiary/aromatic N) is 4. The van der Waals surface area contributed by atoms with Crippen LogP contribution >= 0.6 is 11.3 Å². The Bertz CT molecular complexity index is 1220. The zero-order valence-corrected chi connectivity index (χ0v) is 19.1. The topological polar surface area (TPSA) is 74.4 Å². The van der Waals surface area contributed by atoms with Crippen LogP contribution in [0, 0.1) is 12.8 Å². The molecule has 32 heavy (non-hydrogen) atoms. The van der Waals surface area contributed by atoms with E-state index >= 15 is 0 Å². The van der Waals surface area contributed by atoms with E-state index in [0.29, 0.717) is 6.42 Å². The molecule has 3 heterocycles. The summed E-state index contributed by atoms with van der Waals surface area (Å²) in [5, 5.41) is 30.8. The van der Waals surface area contributed by atoms with Crippen molar-refractivity contribution in [1.29, 1.82) is 0 Å². The minimum Gasteiger partial charge on any atom is -0.508 e. The molecular formula is C25H28N4O2S. The van der Waals surface area contributed by atoms with E-state index in [9.17, 15) is 10.2 Å². The van der Waals surface area contributed by atoms with E-state index in [1.54, 1.807) is 17.4 Å². The molecule has 3 aliphatic carbocycles.